The highest BCUT2D eigenvalue weighted by atomic mass is 19.1. The van der Waals surface area contributed by atoms with Gasteiger partial charge in [-0.15, -0.1) is 0 Å². The van der Waals surface area contributed by atoms with Crippen molar-refractivity contribution in [1.82, 2.24) is 0 Å². The van der Waals surface area contributed by atoms with Crippen LogP contribution in [0.25, 0.3) is 0 Å². The first-order chi connectivity index (χ1) is 13.1. The molecule has 0 atom stereocenters. The van der Waals surface area contributed by atoms with Crippen LogP contribution in [0.15, 0.2) is 0 Å². The molecule has 0 heterocycles. The van der Waals surface area contributed by atoms with Crippen molar-refractivity contribution in [3.8, 4) is 0 Å². The van der Waals surface area contributed by atoms with Crippen LogP contribution in [0.3, 0.4) is 0 Å². The SMILES string of the molecule is CCCCCCC1CC[C@]2(CC1)C[C@@]1(CCC(CCCCCC)CC1)C2F. The zero-order valence-electron chi connectivity index (χ0n) is 18.5. The summed E-state index contributed by atoms with van der Waals surface area (Å²) in [6.07, 6.45) is 24.8. The van der Waals surface area contributed by atoms with E-state index in [2.05, 4.69) is 13.8 Å². The van der Waals surface area contributed by atoms with E-state index in [4.69, 9.17) is 0 Å². The fourth-order valence-electron chi connectivity index (χ4n) is 7.06. The molecule has 0 N–H and O–H groups in total. The fourth-order valence-corrected chi connectivity index (χ4v) is 7.06. The molecule has 3 aliphatic carbocycles. The third-order valence-corrected chi connectivity index (χ3v) is 8.91. The van der Waals surface area contributed by atoms with Crippen LogP contribution in [0, 0.1) is 22.7 Å². The van der Waals surface area contributed by atoms with Crippen LogP contribution < -0.4 is 0 Å². The van der Waals surface area contributed by atoms with Crippen LogP contribution in [0.4, 0.5) is 4.39 Å². The van der Waals surface area contributed by atoms with Gasteiger partial charge in [0.1, 0.15) is 6.17 Å². The lowest BCUT2D eigenvalue weighted by molar-refractivity contribution is -0.184. The monoisotopic (exact) mass is 378 g/mol. The van der Waals surface area contributed by atoms with Crippen LogP contribution in [0.2, 0.25) is 0 Å². The van der Waals surface area contributed by atoms with Gasteiger partial charge in [0.05, 0.1) is 0 Å². The zero-order valence-corrected chi connectivity index (χ0v) is 18.5. The van der Waals surface area contributed by atoms with Crippen molar-refractivity contribution in [1.29, 1.82) is 0 Å². The van der Waals surface area contributed by atoms with Crippen molar-refractivity contribution < 1.29 is 4.39 Å². The fraction of sp³-hybridized carbons (Fsp3) is 1.00. The van der Waals surface area contributed by atoms with E-state index in [1.807, 2.05) is 0 Å². The molecule has 0 bridgehead atoms. The predicted octanol–water partition coefficient (Wildman–Crippen LogP) is 9.02. The molecule has 158 valence electrons. The standard InChI is InChI=1S/C26H47F/c1-3-5-7-9-11-22-13-17-25(18-14-22)21-26(24(25)27)19-15-23(16-20-26)12-10-8-6-4-2/h22-24H,3-21H2,1-2H3/t22?,23?,24?,25-,26-. The molecule has 0 nitrogen and oxygen atoms in total. The van der Waals surface area contributed by atoms with Crippen LogP contribution >= 0.6 is 0 Å². The lowest BCUT2D eigenvalue weighted by Crippen LogP contribution is -2.60. The van der Waals surface area contributed by atoms with Gasteiger partial charge in [0.15, 0.2) is 0 Å². The third-order valence-electron chi connectivity index (χ3n) is 8.91. The van der Waals surface area contributed by atoms with Crippen LogP contribution in [-0.2, 0) is 0 Å². The molecule has 0 radical (unpaired) electrons. The van der Waals surface area contributed by atoms with Gasteiger partial charge in [-0.3, -0.25) is 0 Å². The van der Waals surface area contributed by atoms with E-state index in [1.54, 1.807) is 0 Å². The molecule has 0 aromatic carbocycles. The van der Waals surface area contributed by atoms with Gasteiger partial charge in [0, 0.05) is 10.8 Å². The second kappa shape index (κ2) is 10.1. The molecule has 0 aromatic rings. The van der Waals surface area contributed by atoms with E-state index in [0.29, 0.717) is 0 Å². The smallest absolute Gasteiger partial charge is 0.111 e. The van der Waals surface area contributed by atoms with Gasteiger partial charge in [0.2, 0.25) is 0 Å². The number of hydrogen-bond acceptors (Lipinski definition) is 0. The lowest BCUT2D eigenvalue weighted by Gasteiger charge is -2.63. The highest BCUT2D eigenvalue weighted by molar-refractivity contribution is 5.13. The minimum atomic E-state index is -0.466. The number of hydrogen-bond donors (Lipinski definition) is 0. The Morgan fingerprint density at radius 2 is 1.04 bits per heavy atom. The summed E-state index contributed by atoms with van der Waals surface area (Å²) in [5.74, 6) is 1.82. The predicted molar refractivity (Wildman–Crippen MR) is 116 cm³/mol. The molecule has 1 heteroatoms. The lowest BCUT2D eigenvalue weighted by atomic mass is 9.42. The third kappa shape index (κ3) is 5.11. The van der Waals surface area contributed by atoms with Gasteiger partial charge in [-0.05, 0) is 69.6 Å². The Bertz CT molecular complexity index is 374. The molecule has 3 aliphatic rings. The minimum Gasteiger partial charge on any atom is -0.246 e. The first-order valence-electron chi connectivity index (χ1n) is 12.8. The molecule has 2 spiro atoms. The highest BCUT2D eigenvalue weighted by Gasteiger charge is 2.64. The van der Waals surface area contributed by atoms with E-state index in [-0.39, 0.29) is 10.8 Å². The largest absolute Gasteiger partial charge is 0.246 e. The molecular weight excluding hydrogens is 331 g/mol. The van der Waals surface area contributed by atoms with Gasteiger partial charge >= 0.3 is 0 Å². The number of unbranched alkanes of at least 4 members (excludes halogenated alkanes) is 6. The van der Waals surface area contributed by atoms with E-state index in [1.165, 1.54) is 122 Å². The van der Waals surface area contributed by atoms with E-state index in [9.17, 15) is 0 Å². The molecular formula is C26H47F. The van der Waals surface area contributed by atoms with Crippen molar-refractivity contribution in [2.75, 3.05) is 0 Å². The molecule has 0 unspecified atom stereocenters. The van der Waals surface area contributed by atoms with Crippen molar-refractivity contribution in [3.63, 3.8) is 0 Å². The van der Waals surface area contributed by atoms with E-state index in [0.717, 1.165) is 11.8 Å². The van der Waals surface area contributed by atoms with Crippen molar-refractivity contribution in [2.45, 2.75) is 142 Å². The Hall–Kier alpha value is -0.0700. The topological polar surface area (TPSA) is 0 Å². The van der Waals surface area contributed by atoms with E-state index < -0.39 is 6.17 Å². The molecule has 0 aromatic heterocycles. The van der Waals surface area contributed by atoms with Crippen molar-refractivity contribution >= 4 is 0 Å². The van der Waals surface area contributed by atoms with Gasteiger partial charge in [-0.25, -0.2) is 4.39 Å². The Kier molecular flexibility index (Phi) is 8.10. The molecule has 3 rings (SSSR count). The molecule has 0 aliphatic heterocycles. The average molecular weight is 379 g/mol. The van der Waals surface area contributed by atoms with Gasteiger partial charge in [-0.1, -0.05) is 78.1 Å². The van der Waals surface area contributed by atoms with Crippen molar-refractivity contribution in [3.05, 3.63) is 0 Å². The van der Waals surface area contributed by atoms with Crippen LogP contribution in [-0.4, -0.2) is 6.17 Å². The molecule has 27 heavy (non-hydrogen) atoms. The maximum atomic E-state index is 15.6. The number of alkyl halides is 1. The second-order valence-corrected chi connectivity index (χ2v) is 10.8. The summed E-state index contributed by atoms with van der Waals surface area (Å²) < 4.78 is 15.6. The first kappa shape index (κ1) is 21.6. The molecule has 0 saturated heterocycles. The number of halogens is 1. The first-order valence-corrected chi connectivity index (χ1v) is 12.8. The van der Waals surface area contributed by atoms with Gasteiger partial charge < -0.3 is 0 Å². The quantitative estimate of drug-likeness (QED) is 0.333. The van der Waals surface area contributed by atoms with Gasteiger partial charge in [0.25, 0.3) is 0 Å². The Balaban J connectivity index is 1.36. The summed E-state index contributed by atoms with van der Waals surface area (Å²) in [7, 11) is 0. The summed E-state index contributed by atoms with van der Waals surface area (Å²) in [4.78, 5) is 0. The summed E-state index contributed by atoms with van der Waals surface area (Å²) >= 11 is 0. The minimum absolute atomic E-state index is 0.119. The molecule has 3 fully saturated rings. The average Bonchev–Trinajstić information content (AvgIpc) is 2.71. The molecule has 0 amide bonds. The summed E-state index contributed by atoms with van der Waals surface area (Å²) in [5, 5.41) is 0. The summed E-state index contributed by atoms with van der Waals surface area (Å²) in [6, 6.07) is 0. The number of rotatable bonds is 10. The zero-order chi connectivity index (χ0) is 19.2. The Labute approximate surface area is 169 Å². The van der Waals surface area contributed by atoms with E-state index >= 15 is 4.39 Å². The summed E-state index contributed by atoms with van der Waals surface area (Å²) in [5.41, 5.74) is 0.238. The second-order valence-electron chi connectivity index (χ2n) is 10.8. The Morgan fingerprint density at radius 3 is 1.37 bits per heavy atom. The molecule has 3 saturated carbocycles. The highest BCUT2D eigenvalue weighted by Crippen LogP contribution is 2.68. The normalized spacial score (nSPS) is 39.0. The maximum absolute atomic E-state index is 15.6. The Morgan fingerprint density at radius 1 is 0.630 bits per heavy atom. The van der Waals surface area contributed by atoms with Crippen LogP contribution in [0.1, 0.15) is 136 Å². The van der Waals surface area contributed by atoms with Crippen LogP contribution in [0.5, 0.6) is 0 Å². The van der Waals surface area contributed by atoms with Crippen molar-refractivity contribution in [2.24, 2.45) is 22.7 Å². The maximum Gasteiger partial charge on any atom is 0.111 e. The van der Waals surface area contributed by atoms with Gasteiger partial charge in [-0.2, -0.15) is 0 Å². The summed E-state index contributed by atoms with van der Waals surface area (Å²) in [6.45, 7) is 4.58.